The molecule has 0 saturated heterocycles. The Morgan fingerprint density at radius 3 is 2.95 bits per heavy atom. The van der Waals surface area contributed by atoms with E-state index in [0.29, 0.717) is 17.5 Å². The summed E-state index contributed by atoms with van der Waals surface area (Å²) in [5.41, 5.74) is 8.85. The maximum atomic E-state index is 13.5. The molecule has 1 aromatic carbocycles. The zero-order valence-electron chi connectivity index (χ0n) is 11.6. The molecule has 7 heteroatoms. The molecule has 4 rings (SSSR count). The Kier molecular flexibility index (Phi) is 2.94. The smallest absolute Gasteiger partial charge is 0.223 e. The molecule has 0 spiro atoms. The van der Waals surface area contributed by atoms with E-state index in [0.717, 1.165) is 35.1 Å². The van der Waals surface area contributed by atoms with E-state index >= 15 is 0 Å². The van der Waals surface area contributed by atoms with E-state index in [2.05, 4.69) is 19.9 Å². The number of halogens is 2. The van der Waals surface area contributed by atoms with Crippen LogP contribution in [0.4, 0.5) is 16.2 Å². The predicted octanol–water partition coefficient (Wildman–Crippen LogP) is 2.90. The van der Waals surface area contributed by atoms with Gasteiger partial charge >= 0.3 is 0 Å². The number of hydrogen-bond donors (Lipinski definition) is 2. The molecular weight excluding hydrogens is 305 g/mol. The molecular formula is C15H13ClFN5. The van der Waals surface area contributed by atoms with Gasteiger partial charge in [0, 0.05) is 47.7 Å². The third-order valence-electron chi connectivity index (χ3n) is 3.96. The second-order valence-corrected chi connectivity index (χ2v) is 5.74. The number of hydrogen-bond acceptors (Lipinski definition) is 4. The summed E-state index contributed by atoms with van der Waals surface area (Å²) in [6.45, 7) is 1.42. The van der Waals surface area contributed by atoms with Gasteiger partial charge in [-0.05, 0) is 18.2 Å². The maximum Gasteiger partial charge on any atom is 0.223 e. The fraction of sp³-hybridized carbons (Fsp3) is 0.200. The first-order chi connectivity index (χ1) is 10.6. The van der Waals surface area contributed by atoms with Crippen molar-refractivity contribution in [2.75, 3.05) is 17.2 Å². The molecule has 0 fully saturated rings. The standard InChI is InChI=1S/C15H13ClFN5/c16-13-6-14(21-15(18)20-13)22-4-3-12-10(7-22)9-5-8(17)1-2-11(9)19-12/h1-2,5-6,19H,3-4,7H2,(H2,18,20,21). The van der Waals surface area contributed by atoms with Crippen LogP contribution in [0.3, 0.4) is 0 Å². The second-order valence-electron chi connectivity index (χ2n) is 5.35. The number of aromatic nitrogens is 3. The van der Waals surface area contributed by atoms with Crippen LogP contribution < -0.4 is 10.6 Å². The van der Waals surface area contributed by atoms with Crippen molar-refractivity contribution in [3.8, 4) is 0 Å². The number of nitrogens with two attached hydrogens (primary N) is 1. The summed E-state index contributed by atoms with van der Waals surface area (Å²) >= 11 is 5.95. The van der Waals surface area contributed by atoms with Crippen LogP contribution in [0.25, 0.3) is 10.9 Å². The van der Waals surface area contributed by atoms with Gasteiger partial charge in [-0.15, -0.1) is 0 Å². The highest BCUT2D eigenvalue weighted by Gasteiger charge is 2.22. The molecule has 5 nitrogen and oxygen atoms in total. The third kappa shape index (κ3) is 2.16. The number of rotatable bonds is 1. The summed E-state index contributed by atoms with van der Waals surface area (Å²) in [4.78, 5) is 13.5. The van der Waals surface area contributed by atoms with Crippen LogP contribution in [0.5, 0.6) is 0 Å². The molecule has 0 radical (unpaired) electrons. The summed E-state index contributed by atoms with van der Waals surface area (Å²) in [6.07, 6.45) is 0.827. The van der Waals surface area contributed by atoms with E-state index in [1.54, 1.807) is 18.2 Å². The fourth-order valence-corrected chi connectivity index (χ4v) is 3.15. The van der Waals surface area contributed by atoms with Gasteiger partial charge in [-0.3, -0.25) is 0 Å². The van der Waals surface area contributed by atoms with Gasteiger partial charge in [0.25, 0.3) is 0 Å². The van der Waals surface area contributed by atoms with E-state index in [1.807, 2.05) is 0 Å². The minimum absolute atomic E-state index is 0.151. The first-order valence-corrected chi connectivity index (χ1v) is 7.32. The number of anilines is 2. The van der Waals surface area contributed by atoms with Crippen LogP contribution in [0, 0.1) is 5.82 Å². The average Bonchev–Trinajstić information content (AvgIpc) is 2.83. The Morgan fingerprint density at radius 1 is 1.27 bits per heavy atom. The summed E-state index contributed by atoms with van der Waals surface area (Å²) in [5, 5.41) is 1.23. The van der Waals surface area contributed by atoms with E-state index in [9.17, 15) is 4.39 Å². The number of fused-ring (bicyclic) bond motifs is 3. The number of nitrogens with zero attached hydrogens (tertiary/aromatic N) is 3. The van der Waals surface area contributed by atoms with Crippen molar-refractivity contribution >= 4 is 34.3 Å². The molecule has 0 amide bonds. The molecule has 0 saturated carbocycles. The van der Waals surface area contributed by atoms with Crippen LogP contribution in [0.15, 0.2) is 24.3 Å². The largest absolute Gasteiger partial charge is 0.368 e. The van der Waals surface area contributed by atoms with E-state index in [1.165, 1.54) is 6.07 Å². The molecule has 0 unspecified atom stereocenters. The quantitative estimate of drug-likeness (QED) is 0.677. The molecule has 22 heavy (non-hydrogen) atoms. The topological polar surface area (TPSA) is 70.8 Å². The van der Waals surface area contributed by atoms with Crippen LogP contribution in [0.2, 0.25) is 5.15 Å². The predicted molar refractivity (Wildman–Crippen MR) is 84.5 cm³/mol. The Hall–Kier alpha value is -2.34. The van der Waals surface area contributed by atoms with Gasteiger partial charge in [0.15, 0.2) is 0 Å². The van der Waals surface area contributed by atoms with E-state index in [-0.39, 0.29) is 11.8 Å². The lowest BCUT2D eigenvalue weighted by Gasteiger charge is -2.28. The molecule has 0 bridgehead atoms. The summed E-state index contributed by atoms with van der Waals surface area (Å²) in [5.74, 6) is 0.605. The molecule has 1 aliphatic rings. The number of nitrogen functional groups attached to an aromatic ring is 1. The van der Waals surface area contributed by atoms with E-state index in [4.69, 9.17) is 17.3 Å². The van der Waals surface area contributed by atoms with Crippen molar-refractivity contribution < 1.29 is 4.39 Å². The summed E-state index contributed by atoms with van der Waals surface area (Å²) < 4.78 is 13.5. The Balaban J connectivity index is 1.77. The third-order valence-corrected chi connectivity index (χ3v) is 4.15. The zero-order chi connectivity index (χ0) is 15.3. The Morgan fingerprint density at radius 2 is 2.14 bits per heavy atom. The van der Waals surface area contributed by atoms with E-state index < -0.39 is 0 Å². The van der Waals surface area contributed by atoms with Crippen molar-refractivity contribution in [2.45, 2.75) is 13.0 Å². The highest BCUT2D eigenvalue weighted by atomic mass is 35.5. The Bertz CT molecular complexity index is 855. The van der Waals surface area contributed by atoms with Crippen molar-refractivity contribution in [3.63, 3.8) is 0 Å². The van der Waals surface area contributed by atoms with Gasteiger partial charge in [-0.25, -0.2) is 9.37 Å². The van der Waals surface area contributed by atoms with Crippen molar-refractivity contribution in [3.05, 3.63) is 46.5 Å². The monoisotopic (exact) mass is 317 g/mol. The lowest BCUT2D eigenvalue weighted by molar-refractivity contribution is 0.629. The molecule has 3 N–H and O–H groups in total. The number of H-pyrrole nitrogens is 1. The number of benzene rings is 1. The van der Waals surface area contributed by atoms with Gasteiger partial charge in [0.1, 0.15) is 16.8 Å². The summed E-state index contributed by atoms with van der Waals surface area (Å²) in [6, 6.07) is 6.49. The second kappa shape index (κ2) is 4.84. The normalized spacial score (nSPS) is 14.4. The maximum absolute atomic E-state index is 13.5. The van der Waals surface area contributed by atoms with Crippen LogP contribution >= 0.6 is 11.6 Å². The lowest BCUT2D eigenvalue weighted by Crippen LogP contribution is -2.31. The van der Waals surface area contributed by atoms with Gasteiger partial charge < -0.3 is 15.6 Å². The average molecular weight is 318 g/mol. The Labute approximate surface area is 130 Å². The van der Waals surface area contributed by atoms with Gasteiger partial charge in [0.05, 0.1) is 0 Å². The zero-order valence-corrected chi connectivity index (χ0v) is 12.4. The minimum atomic E-state index is -0.235. The molecule has 2 aromatic heterocycles. The first-order valence-electron chi connectivity index (χ1n) is 6.94. The number of nitrogens with one attached hydrogen (secondary N) is 1. The van der Waals surface area contributed by atoms with Crippen molar-refractivity contribution in [1.82, 2.24) is 15.0 Å². The molecule has 3 heterocycles. The molecule has 3 aromatic rings. The molecule has 0 aliphatic carbocycles. The highest BCUT2D eigenvalue weighted by molar-refractivity contribution is 6.29. The van der Waals surface area contributed by atoms with Crippen LogP contribution in [-0.4, -0.2) is 21.5 Å². The number of aromatic amines is 1. The van der Waals surface area contributed by atoms with Crippen LogP contribution in [-0.2, 0) is 13.0 Å². The fourth-order valence-electron chi connectivity index (χ4n) is 2.97. The molecule has 1 aliphatic heterocycles. The molecule has 0 atom stereocenters. The van der Waals surface area contributed by atoms with Crippen molar-refractivity contribution in [2.24, 2.45) is 0 Å². The van der Waals surface area contributed by atoms with Gasteiger partial charge in [-0.2, -0.15) is 4.98 Å². The SMILES string of the molecule is Nc1nc(Cl)cc(N2CCc3[nH]c4ccc(F)cc4c3C2)n1. The highest BCUT2D eigenvalue weighted by Crippen LogP contribution is 2.30. The first kappa shape index (κ1) is 13.3. The summed E-state index contributed by atoms with van der Waals surface area (Å²) in [7, 11) is 0. The van der Waals surface area contributed by atoms with Gasteiger partial charge in [-0.1, -0.05) is 11.6 Å². The molecule has 112 valence electrons. The minimum Gasteiger partial charge on any atom is -0.368 e. The van der Waals surface area contributed by atoms with Crippen LogP contribution in [0.1, 0.15) is 11.3 Å². The van der Waals surface area contributed by atoms with Crippen molar-refractivity contribution in [1.29, 1.82) is 0 Å². The lowest BCUT2D eigenvalue weighted by atomic mass is 10.0. The van der Waals surface area contributed by atoms with Gasteiger partial charge in [0.2, 0.25) is 5.95 Å².